The van der Waals surface area contributed by atoms with Crippen molar-refractivity contribution in [2.24, 2.45) is 0 Å². The van der Waals surface area contributed by atoms with Crippen LogP contribution >= 0.6 is 0 Å². The number of hydrogen-bond donors (Lipinski definition) is 3. The summed E-state index contributed by atoms with van der Waals surface area (Å²) in [5.41, 5.74) is 3.20. The van der Waals surface area contributed by atoms with Crippen molar-refractivity contribution in [1.29, 1.82) is 0 Å². The minimum absolute atomic E-state index is 0.133. The highest BCUT2D eigenvalue weighted by molar-refractivity contribution is 5.92. The van der Waals surface area contributed by atoms with Gasteiger partial charge in [-0.3, -0.25) is 4.79 Å². The summed E-state index contributed by atoms with van der Waals surface area (Å²) in [6, 6.07) is 15.7. The first-order chi connectivity index (χ1) is 18.4. The fourth-order valence-corrected chi connectivity index (χ4v) is 4.82. The molecule has 5 rings (SSSR count). The first-order valence-electron chi connectivity index (χ1n) is 12.9. The van der Waals surface area contributed by atoms with Gasteiger partial charge in [-0.2, -0.15) is 4.98 Å². The molecule has 4 aromatic rings. The number of benzene rings is 2. The van der Waals surface area contributed by atoms with Crippen molar-refractivity contribution in [3.8, 4) is 5.69 Å². The van der Waals surface area contributed by atoms with E-state index in [2.05, 4.69) is 27.1 Å². The van der Waals surface area contributed by atoms with Crippen LogP contribution in [-0.2, 0) is 12.8 Å². The van der Waals surface area contributed by atoms with Crippen LogP contribution in [0.2, 0.25) is 0 Å². The van der Waals surface area contributed by atoms with Crippen LogP contribution in [0.15, 0.2) is 65.7 Å². The second-order valence-corrected chi connectivity index (χ2v) is 9.67. The van der Waals surface area contributed by atoms with Gasteiger partial charge in [0.1, 0.15) is 5.56 Å². The molecular weight excluding hydrogens is 482 g/mol. The van der Waals surface area contributed by atoms with E-state index in [0.717, 1.165) is 56.6 Å². The molecule has 3 heterocycles. The van der Waals surface area contributed by atoms with Gasteiger partial charge < -0.3 is 25.0 Å². The molecule has 0 spiro atoms. The first kappa shape index (κ1) is 25.6. The number of rotatable bonds is 8. The number of pyridine rings is 1. The predicted molar refractivity (Wildman–Crippen MR) is 147 cm³/mol. The molecule has 1 fully saturated rings. The number of carboxylic acid groups (broad SMARTS) is 1. The van der Waals surface area contributed by atoms with Crippen LogP contribution < -0.4 is 10.7 Å². The lowest BCUT2D eigenvalue weighted by molar-refractivity contribution is 0.0694. The third kappa shape index (κ3) is 5.58. The molecule has 1 aliphatic rings. The summed E-state index contributed by atoms with van der Waals surface area (Å²) in [6.45, 7) is 4.73. The van der Waals surface area contributed by atoms with Gasteiger partial charge in [0.2, 0.25) is 11.4 Å². The number of aliphatic hydroxyl groups is 1. The Morgan fingerprint density at radius 1 is 1.11 bits per heavy atom. The maximum absolute atomic E-state index is 12.8. The van der Waals surface area contributed by atoms with E-state index in [0.29, 0.717) is 17.3 Å². The Balaban J connectivity index is 1.40. The van der Waals surface area contributed by atoms with Gasteiger partial charge in [-0.25, -0.2) is 9.78 Å². The molecule has 9 heteroatoms. The maximum Gasteiger partial charge on any atom is 0.341 e. The van der Waals surface area contributed by atoms with Crippen molar-refractivity contribution in [2.75, 3.05) is 25.0 Å². The number of aromatic nitrogens is 3. The number of nitrogens with one attached hydrogen (secondary N) is 1. The van der Waals surface area contributed by atoms with Crippen LogP contribution in [0.3, 0.4) is 0 Å². The van der Waals surface area contributed by atoms with Crippen LogP contribution in [0.1, 0.15) is 41.3 Å². The maximum atomic E-state index is 12.8. The van der Waals surface area contributed by atoms with Gasteiger partial charge in [-0.05, 0) is 67.6 Å². The first-order valence-corrected chi connectivity index (χ1v) is 12.9. The number of piperidine rings is 1. The van der Waals surface area contributed by atoms with E-state index >= 15 is 0 Å². The monoisotopic (exact) mass is 513 g/mol. The summed E-state index contributed by atoms with van der Waals surface area (Å²) in [5.74, 6) is -0.997. The minimum atomic E-state index is -1.30. The number of hydrogen-bond acceptors (Lipinski definition) is 7. The lowest BCUT2D eigenvalue weighted by Crippen LogP contribution is -2.39. The van der Waals surface area contributed by atoms with E-state index in [1.54, 1.807) is 4.57 Å². The van der Waals surface area contributed by atoms with E-state index in [4.69, 9.17) is 0 Å². The van der Waals surface area contributed by atoms with Crippen molar-refractivity contribution < 1.29 is 15.0 Å². The molecule has 0 radical (unpaired) electrons. The van der Waals surface area contributed by atoms with Crippen molar-refractivity contribution in [3.05, 3.63) is 87.8 Å². The lowest BCUT2D eigenvalue weighted by atomic mass is 10.1. The molecule has 0 bridgehead atoms. The molecule has 1 atom stereocenters. The number of nitrogens with zero attached hydrogens (tertiary/aromatic N) is 4. The number of aryl methyl sites for hydroxylation is 1. The topological polar surface area (TPSA) is 121 Å². The Kier molecular flexibility index (Phi) is 7.48. The van der Waals surface area contributed by atoms with Crippen LogP contribution in [0.25, 0.3) is 16.7 Å². The summed E-state index contributed by atoms with van der Waals surface area (Å²) < 4.78 is 1.62. The van der Waals surface area contributed by atoms with Gasteiger partial charge >= 0.3 is 5.97 Å². The zero-order chi connectivity index (χ0) is 26.6. The molecular formula is C29H31N5O4. The van der Waals surface area contributed by atoms with Crippen molar-refractivity contribution in [3.63, 3.8) is 0 Å². The number of anilines is 2. The average Bonchev–Trinajstić information content (AvgIpc) is 2.93. The standard InChI is InChI=1S/C29H31N5O4/c1-2-19-7-11-22(12-8-19)34-18-25(28(37)38)26(36)24-16-30-29(32-27(24)34)31-21-9-5-20(6-10-21)13-15-33-14-3-4-23(35)17-33/h5-12,16,18,23,35H,2-4,13-15,17H2,1H3,(H,37,38)(H,30,31,32)/t23-/m1/s1. The zero-order valence-electron chi connectivity index (χ0n) is 21.3. The third-order valence-electron chi connectivity index (χ3n) is 7.00. The number of aromatic carboxylic acids is 1. The Morgan fingerprint density at radius 2 is 1.84 bits per heavy atom. The highest BCUT2D eigenvalue weighted by atomic mass is 16.4. The third-order valence-corrected chi connectivity index (χ3v) is 7.00. The van der Waals surface area contributed by atoms with Gasteiger partial charge in [0, 0.05) is 36.9 Å². The molecule has 1 aliphatic heterocycles. The van der Waals surface area contributed by atoms with Crippen LogP contribution in [0, 0.1) is 0 Å². The van der Waals surface area contributed by atoms with Gasteiger partial charge in [0.25, 0.3) is 0 Å². The van der Waals surface area contributed by atoms with E-state index in [-0.39, 0.29) is 17.1 Å². The normalized spacial score (nSPS) is 16.0. The predicted octanol–water partition coefficient (Wildman–Crippen LogP) is 3.78. The lowest BCUT2D eigenvalue weighted by Gasteiger charge is -2.29. The van der Waals surface area contributed by atoms with Crippen LogP contribution in [0.4, 0.5) is 11.6 Å². The van der Waals surface area contributed by atoms with E-state index in [1.165, 1.54) is 18.0 Å². The van der Waals surface area contributed by atoms with E-state index < -0.39 is 11.4 Å². The van der Waals surface area contributed by atoms with Gasteiger partial charge in [-0.1, -0.05) is 31.2 Å². The van der Waals surface area contributed by atoms with Crippen molar-refractivity contribution in [1.82, 2.24) is 19.4 Å². The SMILES string of the molecule is CCc1ccc(-n2cc(C(=O)O)c(=O)c3cnc(Nc4ccc(CCN5CCC[C@@H](O)C5)cc4)nc32)cc1. The number of carboxylic acids is 1. The number of carbonyl (C=O) groups is 1. The highest BCUT2D eigenvalue weighted by Gasteiger charge is 2.18. The largest absolute Gasteiger partial charge is 0.477 e. The molecule has 0 saturated carbocycles. The summed E-state index contributed by atoms with van der Waals surface area (Å²) in [7, 11) is 0. The second kappa shape index (κ2) is 11.1. The number of fused-ring (bicyclic) bond motifs is 1. The number of likely N-dealkylation sites (tertiary alicyclic amines) is 1. The molecule has 2 aromatic carbocycles. The molecule has 3 N–H and O–H groups in total. The molecule has 2 aromatic heterocycles. The van der Waals surface area contributed by atoms with Crippen LogP contribution in [-0.4, -0.2) is 61.4 Å². The Hall–Kier alpha value is -4.08. The average molecular weight is 514 g/mol. The molecule has 0 unspecified atom stereocenters. The number of β-amino-alcohol motifs (C(OH)–C–C–N with tert-alkyl or cyclic N) is 1. The molecule has 196 valence electrons. The Labute approximate surface area is 220 Å². The fourth-order valence-electron chi connectivity index (χ4n) is 4.82. The smallest absolute Gasteiger partial charge is 0.341 e. The Bertz CT molecular complexity index is 1500. The van der Waals surface area contributed by atoms with Crippen molar-refractivity contribution in [2.45, 2.75) is 38.7 Å². The molecule has 38 heavy (non-hydrogen) atoms. The fraction of sp³-hybridized carbons (Fsp3) is 0.310. The minimum Gasteiger partial charge on any atom is -0.477 e. The Morgan fingerprint density at radius 3 is 2.53 bits per heavy atom. The molecule has 0 aliphatic carbocycles. The summed E-state index contributed by atoms with van der Waals surface area (Å²) in [4.78, 5) is 35.8. The van der Waals surface area contributed by atoms with Crippen molar-refractivity contribution >= 4 is 28.6 Å². The zero-order valence-corrected chi connectivity index (χ0v) is 21.3. The molecule has 0 amide bonds. The highest BCUT2D eigenvalue weighted by Crippen LogP contribution is 2.21. The number of aliphatic hydroxyl groups excluding tert-OH is 1. The van der Waals surface area contributed by atoms with Gasteiger partial charge in [0.05, 0.1) is 11.5 Å². The summed E-state index contributed by atoms with van der Waals surface area (Å²) in [5, 5.41) is 22.8. The van der Waals surface area contributed by atoms with E-state index in [1.807, 2.05) is 48.5 Å². The summed E-state index contributed by atoms with van der Waals surface area (Å²) >= 11 is 0. The van der Waals surface area contributed by atoms with E-state index in [9.17, 15) is 19.8 Å². The molecule has 1 saturated heterocycles. The molecule has 9 nitrogen and oxygen atoms in total. The summed E-state index contributed by atoms with van der Waals surface area (Å²) in [6.07, 6.45) is 6.16. The van der Waals surface area contributed by atoms with Gasteiger partial charge in [-0.15, -0.1) is 0 Å². The quantitative estimate of drug-likeness (QED) is 0.326. The van der Waals surface area contributed by atoms with Crippen LogP contribution in [0.5, 0.6) is 0 Å². The van der Waals surface area contributed by atoms with Gasteiger partial charge in [0.15, 0.2) is 5.65 Å². The second-order valence-electron chi connectivity index (χ2n) is 9.67.